The van der Waals surface area contributed by atoms with Gasteiger partial charge in [0.25, 0.3) is 0 Å². The Labute approximate surface area is 172 Å². The van der Waals surface area contributed by atoms with Gasteiger partial charge >= 0.3 is 0 Å². The molecule has 2 rings (SSSR count). The molecule has 5 heteroatoms. The van der Waals surface area contributed by atoms with E-state index in [9.17, 15) is 4.79 Å². The molecule has 28 heavy (non-hydrogen) atoms. The highest BCUT2D eigenvalue weighted by molar-refractivity contribution is 6.30. The van der Waals surface area contributed by atoms with E-state index in [1.165, 1.54) is 32.1 Å². The number of carbonyl (C=O) groups is 1. The first kappa shape index (κ1) is 22.0. The van der Waals surface area contributed by atoms with E-state index in [-0.39, 0.29) is 12.3 Å². The fourth-order valence-electron chi connectivity index (χ4n) is 2.81. The van der Waals surface area contributed by atoms with Crippen LogP contribution < -0.4 is 10.2 Å². The van der Waals surface area contributed by atoms with Crippen molar-refractivity contribution < 1.29 is 9.53 Å². The number of amides is 1. The highest BCUT2D eigenvalue weighted by Gasteiger charge is 2.05. The molecule has 1 N–H and O–H groups in total. The van der Waals surface area contributed by atoms with Crippen LogP contribution in [-0.4, -0.2) is 18.7 Å². The van der Waals surface area contributed by atoms with Crippen molar-refractivity contribution in [2.75, 3.05) is 6.61 Å². The van der Waals surface area contributed by atoms with Crippen LogP contribution >= 0.6 is 11.6 Å². The second-order valence-corrected chi connectivity index (χ2v) is 7.19. The topological polar surface area (TPSA) is 50.7 Å². The summed E-state index contributed by atoms with van der Waals surface area (Å²) in [6.07, 6.45) is 9.15. The molecule has 0 radical (unpaired) electrons. The zero-order chi connectivity index (χ0) is 20.0. The Bertz CT molecular complexity index is 748. The van der Waals surface area contributed by atoms with Gasteiger partial charge in [-0.15, -0.1) is 0 Å². The number of ether oxygens (including phenoxy) is 1. The third-order valence-corrected chi connectivity index (χ3v) is 4.56. The molecule has 0 fully saturated rings. The van der Waals surface area contributed by atoms with Gasteiger partial charge in [0.2, 0.25) is 5.91 Å². The minimum atomic E-state index is -0.168. The summed E-state index contributed by atoms with van der Waals surface area (Å²) in [5.74, 6) is 0.554. The van der Waals surface area contributed by atoms with Crippen molar-refractivity contribution in [3.05, 3.63) is 64.7 Å². The zero-order valence-electron chi connectivity index (χ0n) is 16.5. The average Bonchev–Trinajstić information content (AvgIpc) is 2.69. The van der Waals surface area contributed by atoms with Gasteiger partial charge < -0.3 is 4.74 Å². The molecule has 4 nitrogen and oxygen atoms in total. The Hall–Kier alpha value is -2.33. The number of hydrazone groups is 1. The number of nitrogens with zero attached hydrogens (tertiary/aromatic N) is 1. The van der Waals surface area contributed by atoms with Crippen LogP contribution in [0.1, 0.15) is 56.6 Å². The number of nitrogens with one attached hydrogen (secondary N) is 1. The molecule has 0 atom stereocenters. The third kappa shape index (κ3) is 8.57. The summed E-state index contributed by atoms with van der Waals surface area (Å²) in [5.41, 5.74) is 4.25. The van der Waals surface area contributed by atoms with Crippen LogP contribution in [0.5, 0.6) is 5.75 Å². The van der Waals surface area contributed by atoms with E-state index in [0.29, 0.717) is 11.6 Å². The molecule has 2 aromatic carbocycles. The van der Waals surface area contributed by atoms with Gasteiger partial charge in [-0.05, 0) is 30.2 Å². The van der Waals surface area contributed by atoms with E-state index in [2.05, 4.69) is 17.5 Å². The number of hydrogen-bond donors (Lipinski definition) is 1. The summed E-state index contributed by atoms with van der Waals surface area (Å²) in [7, 11) is 0. The molecule has 150 valence electrons. The Morgan fingerprint density at radius 2 is 1.82 bits per heavy atom. The van der Waals surface area contributed by atoms with Crippen molar-refractivity contribution >= 4 is 23.7 Å². The van der Waals surface area contributed by atoms with E-state index in [1.807, 2.05) is 36.4 Å². The molecule has 0 aliphatic carbocycles. The van der Waals surface area contributed by atoms with Crippen LogP contribution in [0.25, 0.3) is 0 Å². The lowest BCUT2D eigenvalue weighted by Gasteiger charge is -2.09. The van der Waals surface area contributed by atoms with Crippen LogP contribution in [-0.2, 0) is 11.2 Å². The monoisotopic (exact) mass is 400 g/mol. The SMILES string of the molecule is CCCCCCCCOc1ccc(Cl)cc1/C=N/NC(=O)Cc1ccccc1. The van der Waals surface area contributed by atoms with E-state index in [0.717, 1.165) is 23.3 Å². The number of carbonyl (C=O) groups excluding carboxylic acids is 1. The lowest BCUT2D eigenvalue weighted by Crippen LogP contribution is -2.19. The Morgan fingerprint density at radius 3 is 2.61 bits per heavy atom. The number of rotatable bonds is 12. The van der Waals surface area contributed by atoms with Crippen molar-refractivity contribution in [2.24, 2.45) is 5.10 Å². The fraction of sp³-hybridized carbons (Fsp3) is 0.391. The maximum absolute atomic E-state index is 12.0. The number of unbranched alkanes of at least 4 members (excludes halogenated alkanes) is 5. The smallest absolute Gasteiger partial charge is 0.244 e. The van der Waals surface area contributed by atoms with Crippen LogP contribution in [0.2, 0.25) is 5.02 Å². The minimum Gasteiger partial charge on any atom is -0.493 e. The summed E-state index contributed by atoms with van der Waals surface area (Å²) in [6.45, 7) is 2.88. The Kier molecular flexibility index (Phi) is 10.2. The summed E-state index contributed by atoms with van der Waals surface area (Å²) in [6, 6.07) is 15.0. The second-order valence-electron chi connectivity index (χ2n) is 6.75. The summed E-state index contributed by atoms with van der Waals surface area (Å²) >= 11 is 6.09. The summed E-state index contributed by atoms with van der Waals surface area (Å²) < 4.78 is 5.89. The summed E-state index contributed by atoms with van der Waals surface area (Å²) in [5, 5.41) is 4.66. The van der Waals surface area contributed by atoms with E-state index < -0.39 is 0 Å². The van der Waals surface area contributed by atoms with Gasteiger partial charge in [-0.2, -0.15) is 5.10 Å². The van der Waals surface area contributed by atoms with Gasteiger partial charge in [-0.3, -0.25) is 4.79 Å². The molecule has 0 heterocycles. The van der Waals surface area contributed by atoms with Gasteiger partial charge in [-0.1, -0.05) is 81.0 Å². The van der Waals surface area contributed by atoms with Crippen molar-refractivity contribution in [3.63, 3.8) is 0 Å². The maximum atomic E-state index is 12.0. The van der Waals surface area contributed by atoms with Crippen LogP contribution in [0, 0.1) is 0 Å². The van der Waals surface area contributed by atoms with Crippen molar-refractivity contribution in [3.8, 4) is 5.75 Å². The zero-order valence-corrected chi connectivity index (χ0v) is 17.3. The lowest BCUT2D eigenvalue weighted by atomic mass is 10.1. The van der Waals surface area contributed by atoms with Crippen molar-refractivity contribution in [2.45, 2.75) is 51.9 Å². The predicted molar refractivity (Wildman–Crippen MR) is 116 cm³/mol. The fourth-order valence-corrected chi connectivity index (χ4v) is 2.99. The molecule has 0 aliphatic rings. The predicted octanol–water partition coefficient (Wildman–Crippen LogP) is 5.77. The molecule has 2 aromatic rings. The number of benzene rings is 2. The van der Waals surface area contributed by atoms with Crippen LogP contribution in [0.15, 0.2) is 53.6 Å². The molecule has 0 spiro atoms. The normalized spacial score (nSPS) is 10.9. The van der Waals surface area contributed by atoms with Crippen LogP contribution in [0.4, 0.5) is 0 Å². The highest BCUT2D eigenvalue weighted by atomic mass is 35.5. The lowest BCUT2D eigenvalue weighted by molar-refractivity contribution is -0.120. The maximum Gasteiger partial charge on any atom is 0.244 e. The van der Waals surface area contributed by atoms with E-state index in [1.54, 1.807) is 18.3 Å². The quantitative estimate of drug-likeness (QED) is 0.279. The second kappa shape index (κ2) is 12.9. The largest absolute Gasteiger partial charge is 0.493 e. The van der Waals surface area contributed by atoms with E-state index in [4.69, 9.17) is 16.3 Å². The molecule has 0 saturated carbocycles. The molecule has 0 saturated heterocycles. The van der Waals surface area contributed by atoms with E-state index >= 15 is 0 Å². The average molecular weight is 401 g/mol. The molecule has 1 amide bonds. The number of halogens is 1. The van der Waals surface area contributed by atoms with Gasteiger partial charge in [0.1, 0.15) is 5.75 Å². The summed E-state index contributed by atoms with van der Waals surface area (Å²) in [4.78, 5) is 12.0. The van der Waals surface area contributed by atoms with Crippen molar-refractivity contribution in [1.29, 1.82) is 0 Å². The molecule has 0 aromatic heterocycles. The van der Waals surface area contributed by atoms with Gasteiger partial charge in [0, 0.05) is 10.6 Å². The Morgan fingerprint density at radius 1 is 1.07 bits per heavy atom. The first-order chi connectivity index (χ1) is 13.7. The molecule has 0 bridgehead atoms. The van der Waals surface area contributed by atoms with Gasteiger partial charge in [-0.25, -0.2) is 5.43 Å². The molecular weight excluding hydrogens is 372 g/mol. The number of hydrogen-bond acceptors (Lipinski definition) is 3. The first-order valence-corrected chi connectivity index (χ1v) is 10.3. The molecular formula is C23H29ClN2O2. The standard InChI is InChI=1S/C23H29ClN2O2/c1-2-3-4-5-6-10-15-28-22-14-13-21(24)17-20(22)18-25-26-23(27)16-19-11-8-7-9-12-19/h7-9,11-14,17-18H,2-6,10,15-16H2,1H3,(H,26,27)/b25-18+. The molecule has 0 aliphatic heterocycles. The van der Waals surface area contributed by atoms with Gasteiger partial charge in [0.15, 0.2) is 0 Å². The Balaban J connectivity index is 1.82. The minimum absolute atomic E-state index is 0.168. The van der Waals surface area contributed by atoms with Crippen LogP contribution in [0.3, 0.4) is 0 Å². The van der Waals surface area contributed by atoms with Crippen molar-refractivity contribution in [1.82, 2.24) is 5.43 Å². The van der Waals surface area contributed by atoms with Gasteiger partial charge in [0.05, 0.1) is 19.2 Å². The third-order valence-electron chi connectivity index (χ3n) is 4.33. The molecule has 0 unspecified atom stereocenters. The first-order valence-electron chi connectivity index (χ1n) is 9.97. The highest BCUT2D eigenvalue weighted by Crippen LogP contribution is 2.22.